The molecule has 1 aliphatic rings. The van der Waals surface area contributed by atoms with E-state index in [0.717, 1.165) is 12.8 Å². The summed E-state index contributed by atoms with van der Waals surface area (Å²) < 4.78 is 13.0. The molecule has 0 unspecified atom stereocenters. The number of halogens is 1. The monoisotopic (exact) mass is 317 g/mol. The number of hydrogen-bond donors (Lipinski definition) is 1. The van der Waals surface area contributed by atoms with Crippen LogP contribution in [0.3, 0.4) is 0 Å². The zero-order valence-electron chi connectivity index (χ0n) is 13.0. The van der Waals surface area contributed by atoms with Crippen LogP contribution in [0.25, 0.3) is 5.69 Å². The average Bonchev–Trinajstić information content (AvgIpc) is 3.05. The molecule has 1 aliphatic heterocycles. The van der Waals surface area contributed by atoms with Crippen LogP contribution in [0.4, 0.5) is 4.39 Å². The molecule has 2 atom stereocenters. The van der Waals surface area contributed by atoms with Crippen molar-refractivity contribution in [2.24, 2.45) is 11.7 Å². The molecule has 1 aromatic carbocycles. The van der Waals surface area contributed by atoms with E-state index in [0.29, 0.717) is 30.4 Å². The van der Waals surface area contributed by atoms with Crippen molar-refractivity contribution in [2.75, 3.05) is 13.1 Å². The summed E-state index contributed by atoms with van der Waals surface area (Å²) >= 11 is 0. The van der Waals surface area contributed by atoms with Gasteiger partial charge in [0, 0.05) is 19.1 Å². The first-order valence-electron chi connectivity index (χ1n) is 7.78. The molecule has 1 saturated heterocycles. The van der Waals surface area contributed by atoms with Gasteiger partial charge in [0.1, 0.15) is 5.82 Å². The van der Waals surface area contributed by atoms with Crippen molar-refractivity contribution in [1.29, 1.82) is 0 Å². The smallest absolute Gasteiger partial charge is 0.276 e. The highest BCUT2D eigenvalue weighted by molar-refractivity contribution is 5.92. The number of piperidine rings is 1. The summed E-state index contributed by atoms with van der Waals surface area (Å²) in [5.74, 6) is -0.143. The summed E-state index contributed by atoms with van der Waals surface area (Å²) in [6, 6.07) is 5.86. The zero-order chi connectivity index (χ0) is 16.4. The maximum absolute atomic E-state index is 13.0. The normalized spacial score (nSPS) is 19.6. The molecule has 3 rings (SSSR count). The highest BCUT2D eigenvalue weighted by atomic mass is 19.1. The SMILES string of the molecule is C[C@@H](N)[C@@H]1CCCN(C(=O)c2cnn(-c3ccc(F)cc3)n2)C1. The predicted octanol–water partition coefficient (Wildman–Crippen LogP) is 1.61. The van der Waals surface area contributed by atoms with Gasteiger partial charge in [-0.05, 0) is 49.9 Å². The Balaban J connectivity index is 1.74. The molecule has 1 aromatic heterocycles. The molecule has 2 heterocycles. The van der Waals surface area contributed by atoms with Crippen LogP contribution in [0.5, 0.6) is 0 Å². The van der Waals surface area contributed by atoms with Crippen molar-refractivity contribution in [3.05, 3.63) is 42.0 Å². The van der Waals surface area contributed by atoms with E-state index in [2.05, 4.69) is 10.2 Å². The van der Waals surface area contributed by atoms with Crippen molar-refractivity contribution < 1.29 is 9.18 Å². The number of nitrogens with two attached hydrogens (primary N) is 1. The number of hydrogen-bond acceptors (Lipinski definition) is 4. The van der Waals surface area contributed by atoms with Gasteiger partial charge in [-0.15, -0.1) is 5.10 Å². The van der Waals surface area contributed by atoms with Crippen LogP contribution in [0.1, 0.15) is 30.3 Å². The highest BCUT2D eigenvalue weighted by Crippen LogP contribution is 2.20. The van der Waals surface area contributed by atoms with Gasteiger partial charge in [-0.25, -0.2) is 4.39 Å². The van der Waals surface area contributed by atoms with Crippen molar-refractivity contribution in [1.82, 2.24) is 19.9 Å². The van der Waals surface area contributed by atoms with Crippen LogP contribution in [0.15, 0.2) is 30.5 Å². The Kier molecular flexibility index (Phi) is 4.38. The molecule has 0 radical (unpaired) electrons. The number of rotatable bonds is 3. The van der Waals surface area contributed by atoms with Gasteiger partial charge in [0.05, 0.1) is 11.9 Å². The molecule has 7 heteroatoms. The Morgan fingerprint density at radius 2 is 2.13 bits per heavy atom. The van der Waals surface area contributed by atoms with Crippen LogP contribution in [0.2, 0.25) is 0 Å². The Hall–Kier alpha value is -2.28. The van der Waals surface area contributed by atoms with E-state index >= 15 is 0 Å². The molecule has 6 nitrogen and oxygen atoms in total. The fraction of sp³-hybridized carbons (Fsp3) is 0.438. The Labute approximate surface area is 134 Å². The lowest BCUT2D eigenvalue weighted by Crippen LogP contribution is -2.45. The minimum Gasteiger partial charge on any atom is -0.337 e. The number of nitrogens with zero attached hydrogens (tertiary/aromatic N) is 4. The van der Waals surface area contributed by atoms with E-state index in [1.54, 1.807) is 17.0 Å². The molecule has 1 fully saturated rings. The van der Waals surface area contributed by atoms with Crippen LogP contribution < -0.4 is 5.73 Å². The van der Waals surface area contributed by atoms with Gasteiger partial charge in [0.25, 0.3) is 5.91 Å². The second-order valence-corrected chi connectivity index (χ2v) is 6.01. The predicted molar refractivity (Wildman–Crippen MR) is 83.6 cm³/mol. The molecule has 0 aliphatic carbocycles. The van der Waals surface area contributed by atoms with Crippen molar-refractivity contribution >= 4 is 5.91 Å². The summed E-state index contributed by atoms with van der Waals surface area (Å²) in [6.07, 6.45) is 3.44. The van der Waals surface area contributed by atoms with Gasteiger partial charge in [-0.2, -0.15) is 9.90 Å². The van der Waals surface area contributed by atoms with Crippen molar-refractivity contribution in [3.8, 4) is 5.69 Å². The zero-order valence-corrected chi connectivity index (χ0v) is 13.0. The third-order valence-corrected chi connectivity index (χ3v) is 4.26. The number of carbonyl (C=O) groups excluding carboxylic acids is 1. The first-order valence-corrected chi connectivity index (χ1v) is 7.78. The largest absolute Gasteiger partial charge is 0.337 e. The molecule has 0 spiro atoms. The summed E-state index contributed by atoms with van der Waals surface area (Å²) in [6.45, 7) is 3.34. The Morgan fingerprint density at radius 1 is 1.39 bits per heavy atom. The van der Waals surface area contributed by atoms with Gasteiger partial charge < -0.3 is 10.6 Å². The third kappa shape index (κ3) is 3.39. The lowest BCUT2D eigenvalue weighted by Gasteiger charge is -2.34. The molecule has 2 aromatic rings. The fourth-order valence-electron chi connectivity index (χ4n) is 2.85. The fourth-order valence-corrected chi connectivity index (χ4v) is 2.85. The number of benzene rings is 1. The minimum absolute atomic E-state index is 0.0699. The first kappa shape index (κ1) is 15.6. The molecule has 122 valence electrons. The van der Waals surface area contributed by atoms with Crippen LogP contribution in [0, 0.1) is 11.7 Å². The topological polar surface area (TPSA) is 77.0 Å². The molecular formula is C16H20FN5O. The van der Waals surface area contributed by atoms with Gasteiger partial charge in [0.15, 0.2) is 5.69 Å². The summed E-state index contributed by atoms with van der Waals surface area (Å²) in [7, 11) is 0. The van der Waals surface area contributed by atoms with E-state index < -0.39 is 0 Å². The van der Waals surface area contributed by atoms with E-state index in [1.807, 2.05) is 6.92 Å². The number of likely N-dealkylation sites (tertiary alicyclic amines) is 1. The van der Waals surface area contributed by atoms with E-state index in [9.17, 15) is 9.18 Å². The molecule has 0 saturated carbocycles. The van der Waals surface area contributed by atoms with Gasteiger partial charge in [-0.1, -0.05) is 0 Å². The molecule has 0 bridgehead atoms. The third-order valence-electron chi connectivity index (χ3n) is 4.26. The van der Waals surface area contributed by atoms with E-state index in [-0.39, 0.29) is 17.8 Å². The van der Waals surface area contributed by atoms with Gasteiger partial charge >= 0.3 is 0 Å². The van der Waals surface area contributed by atoms with E-state index in [1.165, 1.54) is 23.1 Å². The van der Waals surface area contributed by atoms with Crippen LogP contribution in [-0.2, 0) is 0 Å². The van der Waals surface area contributed by atoms with Gasteiger partial charge in [0.2, 0.25) is 0 Å². The first-order chi connectivity index (χ1) is 11.0. The number of carbonyl (C=O) groups is 1. The standard InChI is InChI=1S/C16H20FN5O/c1-11(18)12-3-2-8-21(10-12)16(23)15-9-19-22(20-15)14-6-4-13(17)5-7-14/h4-7,9,11-12H,2-3,8,10,18H2,1H3/t11-,12-/m1/s1. The summed E-state index contributed by atoms with van der Waals surface area (Å²) in [5.41, 5.74) is 6.86. The summed E-state index contributed by atoms with van der Waals surface area (Å²) in [5, 5.41) is 8.31. The maximum Gasteiger partial charge on any atom is 0.276 e. The Morgan fingerprint density at radius 3 is 2.83 bits per heavy atom. The lowest BCUT2D eigenvalue weighted by atomic mass is 9.92. The number of amides is 1. The van der Waals surface area contributed by atoms with Crippen LogP contribution in [-0.4, -0.2) is 44.9 Å². The summed E-state index contributed by atoms with van der Waals surface area (Å²) in [4.78, 5) is 15.7. The minimum atomic E-state index is -0.326. The second-order valence-electron chi connectivity index (χ2n) is 6.01. The van der Waals surface area contributed by atoms with E-state index in [4.69, 9.17) is 5.73 Å². The maximum atomic E-state index is 13.0. The molecular weight excluding hydrogens is 297 g/mol. The second kappa shape index (κ2) is 6.45. The number of aromatic nitrogens is 3. The lowest BCUT2D eigenvalue weighted by molar-refractivity contribution is 0.0654. The molecule has 23 heavy (non-hydrogen) atoms. The van der Waals surface area contributed by atoms with Crippen molar-refractivity contribution in [3.63, 3.8) is 0 Å². The molecule has 2 N–H and O–H groups in total. The van der Waals surface area contributed by atoms with Crippen molar-refractivity contribution in [2.45, 2.75) is 25.8 Å². The quantitative estimate of drug-likeness (QED) is 0.933. The molecule has 1 amide bonds. The highest BCUT2D eigenvalue weighted by Gasteiger charge is 2.27. The Bertz CT molecular complexity index is 682. The average molecular weight is 317 g/mol. The van der Waals surface area contributed by atoms with Gasteiger partial charge in [-0.3, -0.25) is 4.79 Å². The van der Waals surface area contributed by atoms with Crippen LogP contribution >= 0.6 is 0 Å².